The molecule has 4 rings (SSSR count). The van der Waals surface area contributed by atoms with Gasteiger partial charge in [0.2, 0.25) is 0 Å². The molecule has 2 aromatic carbocycles. The summed E-state index contributed by atoms with van der Waals surface area (Å²) >= 11 is 0. The summed E-state index contributed by atoms with van der Waals surface area (Å²) < 4.78 is 20.5. The van der Waals surface area contributed by atoms with E-state index in [9.17, 15) is 14.0 Å². The first-order valence-corrected chi connectivity index (χ1v) is 10.2. The highest BCUT2D eigenvalue weighted by Crippen LogP contribution is 2.31. The van der Waals surface area contributed by atoms with Gasteiger partial charge in [-0.05, 0) is 36.6 Å². The van der Waals surface area contributed by atoms with Gasteiger partial charge < -0.3 is 21.5 Å². The van der Waals surface area contributed by atoms with Crippen LogP contribution in [0.1, 0.15) is 44.3 Å². The number of anilines is 1. The van der Waals surface area contributed by atoms with Gasteiger partial charge in [-0.1, -0.05) is 30.3 Å². The molecule has 9 heteroatoms. The molecule has 1 aromatic heterocycles. The standard InChI is InChI=1S/C23H24FN5O3/c1-13-2-7-16(24)10-18(13)23(31)27-11-14-3-5-15(6-4-14)20-19(22(26)30)21(25)29(28-20)17-8-9-32-12-17/h2-7,10,17H,8-9,11-12,25H2,1H3,(H2,26,30)(H,27,31)/t17-/m1/s1. The lowest BCUT2D eigenvalue weighted by atomic mass is 10.0. The van der Waals surface area contributed by atoms with Gasteiger partial charge in [0.1, 0.15) is 22.9 Å². The molecule has 2 amide bonds. The molecule has 0 saturated carbocycles. The molecule has 0 radical (unpaired) electrons. The smallest absolute Gasteiger partial charge is 0.254 e. The molecule has 5 N–H and O–H groups in total. The minimum atomic E-state index is -0.649. The van der Waals surface area contributed by atoms with Crippen LogP contribution >= 0.6 is 0 Å². The lowest BCUT2D eigenvalue weighted by molar-refractivity contribution is 0.0948. The predicted molar refractivity (Wildman–Crippen MR) is 117 cm³/mol. The van der Waals surface area contributed by atoms with Crippen molar-refractivity contribution in [3.05, 3.63) is 70.5 Å². The van der Waals surface area contributed by atoms with Gasteiger partial charge in [-0.3, -0.25) is 9.59 Å². The lowest BCUT2D eigenvalue weighted by Crippen LogP contribution is -2.23. The van der Waals surface area contributed by atoms with Crippen LogP contribution in [0.4, 0.5) is 10.2 Å². The third kappa shape index (κ3) is 4.19. The first-order chi connectivity index (χ1) is 15.3. The number of primary amides is 1. The Kier molecular flexibility index (Phi) is 5.91. The van der Waals surface area contributed by atoms with E-state index in [-0.39, 0.29) is 29.9 Å². The van der Waals surface area contributed by atoms with Crippen LogP contribution in [0.2, 0.25) is 0 Å². The van der Waals surface area contributed by atoms with Crippen molar-refractivity contribution in [2.45, 2.75) is 25.9 Å². The van der Waals surface area contributed by atoms with Crippen LogP contribution in [0.25, 0.3) is 11.3 Å². The van der Waals surface area contributed by atoms with Crippen molar-refractivity contribution < 1.29 is 18.7 Å². The van der Waals surface area contributed by atoms with Crippen LogP contribution in [0.3, 0.4) is 0 Å². The maximum Gasteiger partial charge on any atom is 0.254 e. The van der Waals surface area contributed by atoms with Gasteiger partial charge in [0.25, 0.3) is 11.8 Å². The van der Waals surface area contributed by atoms with Crippen molar-refractivity contribution in [2.75, 3.05) is 18.9 Å². The maximum atomic E-state index is 13.5. The number of halogens is 1. The third-order valence-corrected chi connectivity index (χ3v) is 5.57. The molecule has 1 fully saturated rings. The topological polar surface area (TPSA) is 125 Å². The Labute approximate surface area is 184 Å². The van der Waals surface area contributed by atoms with E-state index in [0.717, 1.165) is 12.0 Å². The molecule has 2 heterocycles. The second-order valence-corrected chi connectivity index (χ2v) is 7.77. The van der Waals surface area contributed by atoms with E-state index in [1.54, 1.807) is 29.8 Å². The molecule has 0 spiro atoms. The van der Waals surface area contributed by atoms with Crippen molar-refractivity contribution in [3.8, 4) is 11.3 Å². The second kappa shape index (κ2) is 8.80. The summed E-state index contributed by atoms with van der Waals surface area (Å²) in [6, 6.07) is 11.3. The number of aromatic nitrogens is 2. The number of rotatable bonds is 6. The SMILES string of the molecule is Cc1ccc(F)cc1C(=O)NCc1ccc(-c2nn([C@@H]3CCOC3)c(N)c2C(N)=O)cc1. The molecule has 1 aliphatic heterocycles. The first kappa shape index (κ1) is 21.5. The maximum absolute atomic E-state index is 13.5. The highest BCUT2D eigenvalue weighted by molar-refractivity contribution is 6.03. The summed E-state index contributed by atoms with van der Waals surface area (Å²) in [5, 5.41) is 7.34. The van der Waals surface area contributed by atoms with Crippen LogP contribution in [0, 0.1) is 12.7 Å². The van der Waals surface area contributed by atoms with Gasteiger partial charge in [0.05, 0.1) is 12.6 Å². The zero-order valence-corrected chi connectivity index (χ0v) is 17.6. The summed E-state index contributed by atoms with van der Waals surface area (Å²) in [5.74, 6) is -1.24. The number of carbonyl (C=O) groups is 2. The number of benzene rings is 2. The van der Waals surface area contributed by atoms with E-state index in [0.29, 0.717) is 35.6 Å². The number of nitrogens with zero attached hydrogens (tertiary/aromatic N) is 2. The Morgan fingerprint density at radius 2 is 2.00 bits per heavy atom. The number of ether oxygens (including phenoxy) is 1. The van der Waals surface area contributed by atoms with E-state index in [1.807, 2.05) is 12.1 Å². The fraction of sp³-hybridized carbons (Fsp3) is 0.261. The number of nitrogens with one attached hydrogen (secondary N) is 1. The molecule has 32 heavy (non-hydrogen) atoms. The first-order valence-electron chi connectivity index (χ1n) is 10.2. The van der Waals surface area contributed by atoms with Crippen LogP contribution in [-0.2, 0) is 11.3 Å². The van der Waals surface area contributed by atoms with Crippen molar-refractivity contribution in [3.63, 3.8) is 0 Å². The Morgan fingerprint density at radius 1 is 1.25 bits per heavy atom. The van der Waals surface area contributed by atoms with Gasteiger partial charge in [0.15, 0.2) is 0 Å². The fourth-order valence-electron chi connectivity index (χ4n) is 3.78. The molecular weight excluding hydrogens is 413 g/mol. The van der Waals surface area contributed by atoms with Gasteiger partial charge in [-0.25, -0.2) is 9.07 Å². The predicted octanol–water partition coefficient (Wildman–Crippen LogP) is 2.57. The highest BCUT2D eigenvalue weighted by Gasteiger charge is 2.27. The van der Waals surface area contributed by atoms with Crippen molar-refractivity contribution >= 4 is 17.6 Å². The average molecular weight is 437 g/mol. The Morgan fingerprint density at radius 3 is 2.66 bits per heavy atom. The van der Waals surface area contributed by atoms with Crippen LogP contribution < -0.4 is 16.8 Å². The Balaban J connectivity index is 1.52. The minimum absolute atomic E-state index is 0.0392. The number of amides is 2. The van der Waals surface area contributed by atoms with E-state index in [1.165, 1.54) is 12.1 Å². The molecule has 0 bridgehead atoms. The summed E-state index contributed by atoms with van der Waals surface area (Å²) in [6.45, 7) is 3.10. The van der Waals surface area contributed by atoms with Gasteiger partial charge in [-0.15, -0.1) is 0 Å². The van der Waals surface area contributed by atoms with Crippen molar-refractivity contribution in [2.24, 2.45) is 5.73 Å². The monoisotopic (exact) mass is 437 g/mol. The lowest BCUT2D eigenvalue weighted by Gasteiger charge is -2.10. The van der Waals surface area contributed by atoms with E-state index < -0.39 is 11.7 Å². The van der Waals surface area contributed by atoms with Gasteiger partial charge >= 0.3 is 0 Å². The number of nitrogen functional groups attached to an aromatic ring is 1. The number of nitrogens with two attached hydrogens (primary N) is 2. The van der Waals surface area contributed by atoms with E-state index >= 15 is 0 Å². The van der Waals surface area contributed by atoms with E-state index in [4.69, 9.17) is 16.2 Å². The summed E-state index contributed by atoms with van der Waals surface area (Å²) in [5.41, 5.74) is 14.8. The normalized spacial score (nSPS) is 15.6. The zero-order valence-electron chi connectivity index (χ0n) is 17.6. The van der Waals surface area contributed by atoms with Crippen LogP contribution in [0.15, 0.2) is 42.5 Å². The summed E-state index contributed by atoms with van der Waals surface area (Å²) in [7, 11) is 0. The molecule has 3 aromatic rings. The number of aryl methyl sites for hydroxylation is 1. The molecule has 8 nitrogen and oxygen atoms in total. The van der Waals surface area contributed by atoms with Crippen LogP contribution in [0.5, 0.6) is 0 Å². The fourth-order valence-corrected chi connectivity index (χ4v) is 3.78. The number of hydrogen-bond acceptors (Lipinski definition) is 5. The average Bonchev–Trinajstić information content (AvgIpc) is 3.42. The Hall–Kier alpha value is -3.72. The number of carbonyl (C=O) groups excluding carboxylic acids is 2. The van der Waals surface area contributed by atoms with Crippen molar-refractivity contribution in [1.82, 2.24) is 15.1 Å². The molecule has 0 unspecified atom stereocenters. The van der Waals surface area contributed by atoms with Crippen molar-refractivity contribution in [1.29, 1.82) is 0 Å². The second-order valence-electron chi connectivity index (χ2n) is 7.77. The molecule has 1 atom stereocenters. The quantitative estimate of drug-likeness (QED) is 0.547. The van der Waals surface area contributed by atoms with E-state index in [2.05, 4.69) is 10.4 Å². The van der Waals surface area contributed by atoms with Gasteiger partial charge in [0, 0.05) is 24.3 Å². The molecular formula is C23H24FN5O3. The zero-order chi connectivity index (χ0) is 22.8. The highest BCUT2D eigenvalue weighted by atomic mass is 19.1. The Bertz CT molecular complexity index is 1170. The van der Waals surface area contributed by atoms with Crippen LogP contribution in [-0.4, -0.2) is 34.8 Å². The largest absolute Gasteiger partial charge is 0.383 e. The molecule has 1 saturated heterocycles. The molecule has 166 valence electrons. The summed E-state index contributed by atoms with van der Waals surface area (Å²) in [4.78, 5) is 24.5. The molecule has 1 aliphatic rings. The van der Waals surface area contributed by atoms with Gasteiger partial charge in [-0.2, -0.15) is 5.10 Å². The third-order valence-electron chi connectivity index (χ3n) is 5.57. The summed E-state index contributed by atoms with van der Waals surface area (Å²) in [6.07, 6.45) is 0.757. The minimum Gasteiger partial charge on any atom is -0.383 e. The molecule has 0 aliphatic carbocycles. The number of hydrogen-bond donors (Lipinski definition) is 3.